The predicted molar refractivity (Wildman–Crippen MR) is 158 cm³/mol. The number of carbonyl (C=O) groups is 1. The summed E-state index contributed by atoms with van der Waals surface area (Å²) in [4.78, 5) is 28.6. The van der Waals surface area contributed by atoms with Crippen LogP contribution in [0.5, 0.6) is 0 Å². The summed E-state index contributed by atoms with van der Waals surface area (Å²) in [5.41, 5.74) is 5.18. The van der Waals surface area contributed by atoms with Crippen LogP contribution < -0.4 is 15.5 Å². The van der Waals surface area contributed by atoms with Gasteiger partial charge in [-0.3, -0.25) is 10.1 Å². The molecule has 3 aromatic carbocycles. The lowest BCUT2D eigenvalue weighted by Gasteiger charge is -2.19. The summed E-state index contributed by atoms with van der Waals surface area (Å²) >= 11 is 0. The standard InChI is InChI=1S/C29H29N7O3S/c1-19-9-5-6-12-22(19)27(37)34-29-33-26-23(13-8-14-24(26)36(29)3)35(2)25-15-16-30-28(32-25)31-21-11-7-10-20(17-21)18-40(4,38)39/h5-17H,18H2,1-4H3,(H,30,31,32)(H,33,34,37). The van der Waals surface area contributed by atoms with Crippen molar-refractivity contribution >= 4 is 55.9 Å². The van der Waals surface area contributed by atoms with Gasteiger partial charge in [-0.25, -0.2) is 18.4 Å². The molecule has 0 radical (unpaired) electrons. The highest BCUT2D eigenvalue weighted by Gasteiger charge is 2.18. The lowest BCUT2D eigenvalue weighted by molar-refractivity contribution is 0.102. The number of aryl methyl sites for hydroxylation is 2. The maximum Gasteiger partial charge on any atom is 0.258 e. The fourth-order valence-corrected chi connectivity index (χ4v) is 5.25. The number of fused-ring (bicyclic) bond motifs is 1. The number of carbonyl (C=O) groups excluding carboxylic acids is 1. The second-order valence-electron chi connectivity index (χ2n) is 9.60. The summed E-state index contributed by atoms with van der Waals surface area (Å²) in [6.45, 7) is 1.90. The molecule has 0 aliphatic heterocycles. The molecule has 0 fully saturated rings. The monoisotopic (exact) mass is 555 g/mol. The van der Waals surface area contributed by atoms with E-state index in [0.29, 0.717) is 40.0 Å². The van der Waals surface area contributed by atoms with Crippen LogP contribution in [0.4, 0.5) is 29.1 Å². The van der Waals surface area contributed by atoms with E-state index >= 15 is 0 Å². The highest BCUT2D eigenvalue weighted by atomic mass is 32.2. The average Bonchev–Trinajstić information content (AvgIpc) is 3.23. The van der Waals surface area contributed by atoms with Crippen LogP contribution in [0.15, 0.2) is 79.0 Å². The Morgan fingerprint density at radius 1 is 1.00 bits per heavy atom. The second-order valence-corrected chi connectivity index (χ2v) is 11.7. The Kier molecular flexibility index (Phi) is 7.22. The van der Waals surface area contributed by atoms with E-state index in [4.69, 9.17) is 4.98 Å². The number of aromatic nitrogens is 4. The van der Waals surface area contributed by atoms with Gasteiger partial charge in [-0.15, -0.1) is 0 Å². The van der Waals surface area contributed by atoms with Crippen molar-refractivity contribution in [2.45, 2.75) is 12.7 Å². The van der Waals surface area contributed by atoms with E-state index in [1.54, 1.807) is 36.5 Å². The van der Waals surface area contributed by atoms with Gasteiger partial charge in [0.2, 0.25) is 11.9 Å². The van der Waals surface area contributed by atoms with E-state index in [2.05, 4.69) is 20.6 Å². The van der Waals surface area contributed by atoms with E-state index in [0.717, 1.165) is 16.8 Å². The number of hydrogen-bond donors (Lipinski definition) is 2. The summed E-state index contributed by atoms with van der Waals surface area (Å²) in [5.74, 6) is 1.14. The molecule has 2 heterocycles. The van der Waals surface area contributed by atoms with Gasteiger partial charge in [-0.2, -0.15) is 4.98 Å². The third kappa shape index (κ3) is 5.79. The molecular weight excluding hydrogens is 526 g/mol. The maximum absolute atomic E-state index is 13.0. The number of benzene rings is 3. The maximum atomic E-state index is 13.0. The summed E-state index contributed by atoms with van der Waals surface area (Å²) in [7, 11) is 0.587. The van der Waals surface area contributed by atoms with Crippen LogP contribution in [0.25, 0.3) is 11.0 Å². The zero-order valence-electron chi connectivity index (χ0n) is 22.6. The van der Waals surface area contributed by atoms with Crippen molar-refractivity contribution < 1.29 is 13.2 Å². The number of rotatable bonds is 8. The van der Waals surface area contributed by atoms with Crippen LogP contribution in [0, 0.1) is 6.92 Å². The lowest BCUT2D eigenvalue weighted by Crippen LogP contribution is -2.16. The third-order valence-corrected chi connectivity index (χ3v) is 7.32. The van der Waals surface area contributed by atoms with E-state index < -0.39 is 9.84 Å². The molecule has 0 atom stereocenters. The van der Waals surface area contributed by atoms with Crippen molar-refractivity contribution in [2.24, 2.45) is 7.05 Å². The molecule has 10 nitrogen and oxygen atoms in total. The van der Waals surface area contributed by atoms with Crippen LogP contribution >= 0.6 is 0 Å². The number of para-hydroxylation sites is 1. The molecular formula is C29H29N7O3S. The van der Waals surface area contributed by atoms with Crippen LogP contribution in [-0.4, -0.2) is 47.1 Å². The van der Waals surface area contributed by atoms with Crippen LogP contribution in [0.2, 0.25) is 0 Å². The lowest BCUT2D eigenvalue weighted by atomic mass is 10.1. The number of hydrogen-bond acceptors (Lipinski definition) is 8. The van der Waals surface area contributed by atoms with Gasteiger partial charge in [0.25, 0.3) is 5.91 Å². The van der Waals surface area contributed by atoms with Crippen molar-refractivity contribution in [3.05, 3.63) is 95.7 Å². The van der Waals surface area contributed by atoms with Crippen molar-refractivity contribution in [1.29, 1.82) is 0 Å². The molecule has 5 rings (SSSR count). The van der Waals surface area contributed by atoms with E-state index in [1.165, 1.54) is 6.26 Å². The van der Waals surface area contributed by atoms with Crippen LogP contribution in [0.3, 0.4) is 0 Å². The van der Waals surface area contributed by atoms with Crippen molar-refractivity contribution in [3.63, 3.8) is 0 Å². The van der Waals surface area contributed by atoms with Gasteiger partial charge in [-0.1, -0.05) is 36.4 Å². The Labute approximate surface area is 232 Å². The van der Waals surface area contributed by atoms with Gasteiger partial charge >= 0.3 is 0 Å². The van der Waals surface area contributed by atoms with Gasteiger partial charge in [0.15, 0.2) is 9.84 Å². The van der Waals surface area contributed by atoms with Crippen molar-refractivity contribution in [2.75, 3.05) is 28.8 Å². The summed E-state index contributed by atoms with van der Waals surface area (Å²) in [6.07, 6.45) is 2.85. The third-order valence-electron chi connectivity index (χ3n) is 6.46. The zero-order valence-corrected chi connectivity index (χ0v) is 23.4. The minimum absolute atomic E-state index is 0.0480. The molecule has 40 heavy (non-hydrogen) atoms. The van der Waals surface area contributed by atoms with Crippen molar-refractivity contribution in [1.82, 2.24) is 19.5 Å². The summed E-state index contributed by atoms with van der Waals surface area (Å²) < 4.78 is 25.2. The van der Waals surface area contributed by atoms with E-state index in [9.17, 15) is 13.2 Å². The van der Waals surface area contributed by atoms with Crippen molar-refractivity contribution in [3.8, 4) is 0 Å². The molecule has 2 aromatic heterocycles. The molecule has 0 saturated carbocycles. The second kappa shape index (κ2) is 10.8. The quantitative estimate of drug-likeness (QED) is 0.275. The minimum Gasteiger partial charge on any atom is -0.327 e. The molecule has 0 aliphatic rings. The molecule has 2 N–H and O–H groups in total. The van der Waals surface area contributed by atoms with Gasteiger partial charge in [0, 0.05) is 37.8 Å². The van der Waals surface area contributed by atoms with Gasteiger partial charge in [-0.05, 0) is 54.4 Å². The fraction of sp³-hybridized carbons (Fsp3) is 0.172. The number of nitrogens with one attached hydrogen (secondary N) is 2. The number of amides is 1. The van der Waals surface area contributed by atoms with Gasteiger partial charge in [0.1, 0.15) is 11.3 Å². The first-order chi connectivity index (χ1) is 19.1. The topological polar surface area (TPSA) is 122 Å². The molecule has 11 heteroatoms. The first kappa shape index (κ1) is 26.8. The Hall–Kier alpha value is -4.77. The zero-order chi connectivity index (χ0) is 28.4. The number of sulfone groups is 1. The SMILES string of the molecule is Cc1ccccc1C(=O)Nc1nc2c(N(C)c3ccnc(Nc4cccc(CS(C)(=O)=O)c4)n3)cccc2n1C. The Morgan fingerprint density at radius 3 is 2.55 bits per heavy atom. The number of nitrogens with zero attached hydrogens (tertiary/aromatic N) is 5. The molecule has 0 aliphatic carbocycles. The largest absolute Gasteiger partial charge is 0.327 e. The molecule has 0 unspecified atom stereocenters. The highest BCUT2D eigenvalue weighted by Crippen LogP contribution is 2.32. The van der Waals surface area contributed by atoms with E-state index in [1.807, 2.05) is 73.0 Å². The Bertz CT molecular complexity index is 1830. The minimum atomic E-state index is -3.15. The molecule has 5 aromatic rings. The normalized spacial score (nSPS) is 11.4. The molecule has 0 spiro atoms. The summed E-state index contributed by atoms with van der Waals surface area (Å²) in [5, 5.41) is 6.10. The molecule has 0 bridgehead atoms. The van der Waals surface area contributed by atoms with E-state index in [-0.39, 0.29) is 11.7 Å². The highest BCUT2D eigenvalue weighted by molar-refractivity contribution is 7.89. The molecule has 1 amide bonds. The Balaban J connectivity index is 1.41. The summed E-state index contributed by atoms with van der Waals surface area (Å²) in [6, 6.07) is 22.2. The average molecular weight is 556 g/mol. The smallest absolute Gasteiger partial charge is 0.258 e. The fourth-order valence-electron chi connectivity index (χ4n) is 4.47. The van der Waals surface area contributed by atoms with Gasteiger partial charge in [0.05, 0.1) is 17.0 Å². The van der Waals surface area contributed by atoms with Gasteiger partial charge < -0.3 is 14.8 Å². The first-order valence-corrected chi connectivity index (χ1v) is 14.6. The number of imidazole rings is 1. The predicted octanol–water partition coefficient (Wildman–Crippen LogP) is 4.98. The molecule has 204 valence electrons. The number of anilines is 5. The van der Waals surface area contributed by atoms with Crippen LogP contribution in [-0.2, 0) is 22.6 Å². The van der Waals surface area contributed by atoms with Crippen LogP contribution in [0.1, 0.15) is 21.5 Å². The first-order valence-electron chi connectivity index (χ1n) is 12.5. The Morgan fingerprint density at radius 2 is 1.77 bits per heavy atom. The molecule has 0 saturated heterocycles.